The van der Waals surface area contributed by atoms with Crippen molar-refractivity contribution < 1.29 is 19.1 Å². The monoisotopic (exact) mass is 312 g/mol. The average molecular weight is 312 g/mol. The third-order valence-corrected chi connectivity index (χ3v) is 2.89. The van der Waals surface area contributed by atoms with E-state index in [1.165, 1.54) is 0 Å². The summed E-state index contributed by atoms with van der Waals surface area (Å²) in [7, 11) is 0. The molecule has 0 fully saturated rings. The minimum Gasteiger partial charge on any atom is -0.452 e. The highest BCUT2D eigenvalue weighted by atomic mass is 16.5. The summed E-state index contributed by atoms with van der Waals surface area (Å²) in [5.74, 6) is -1.31. The molecule has 0 bridgehead atoms. The first-order chi connectivity index (χ1) is 11.1. The molecule has 0 atom stereocenters. The van der Waals surface area contributed by atoms with Crippen LogP contribution in [0.15, 0.2) is 60.7 Å². The number of rotatable bonds is 5. The van der Waals surface area contributed by atoms with E-state index >= 15 is 0 Å². The van der Waals surface area contributed by atoms with Gasteiger partial charge in [0.15, 0.2) is 6.61 Å². The smallest absolute Gasteiger partial charge is 0.338 e. The van der Waals surface area contributed by atoms with Crippen molar-refractivity contribution in [2.24, 2.45) is 0 Å². The Morgan fingerprint density at radius 2 is 1.48 bits per heavy atom. The molecule has 2 aromatic carbocycles. The summed E-state index contributed by atoms with van der Waals surface area (Å²) >= 11 is 0. The molecule has 0 aliphatic heterocycles. The molecule has 6 nitrogen and oxygen atoms in total. The molecule has 2 aromatic rings. The molecule has 0 unspecified atom stereocenters. The lowest BCUT2D eigenvalue weighted by Gasteiger charge is -2.07. The Kier molecular flexibility index (Phi) is 5.88. The van der Waals surface area contributed by atoms with Crippen LogP contribution >= 0.6 is 0 Å². The molecule has 23 heavy (non-hydrogen) atoms. The van der Waals surface area contributed by atoms with Crippen LogP contribution in [0.3, 0.4) is 0 Å². The average Bonchev–Trinajstić information content (AvgIpc) is 2.59. The fraction of sp³-hybridized carbons (Fsp3) is 0.118. The highest BCUT2D eigenvalue weighted by Gasteiger charge is 2.11. The Balaban J connectivity index is 1.70. The molecule has 2 N–H and O–H groups in total. The van der Waals surface area contributed by atoms with Gasteiger partial charge in [0.2, 0.25) is 0 Å². The first kappa shape index (κ1) is 16.2. The summed E-state index contributed by atoms with van der Waals surface area (Å²) in [5, 5.41) is 4.63. The summed E-state index contributed by atoms with van der Waals surface area (Å²) in [4.78, 5) is 34.8. The number of nitrogens with one attached hydrogen (secondary N) is 2. The fourth-order valence-corrected chi connectivity index (χ4v) is 1.77. The lowest BCUT2D eigenvalue weighted by molar-refractivity contribution is -0.123. The van der Waals surface area contributed by atoms with Gasteiger partial charge in [0.25, 0.3) is 5.91 Å². The number of carbonyl (C=O) groups is 3. The molecule has 0 aliphatic rings. The van der Waals surface area contributed by atoms with Gasteiger partial charge in [-0.25, -0.2) is 9.59 Å². The lowest BCUT2D eigenvalue weighted by atomic mass is 10.2. The minimum atomic E-state index is -0.695. The van der Waals surface area contributed by atoms with Crippen LogP contribution in [0.25, 0.3) is 0 Å². The largest absolute Gasteiger partial charge is 0.452 e. The number of benzene rings is 2. The second-order valence-electron chi connectivity index (χ2n) is 4.66. The fourth-order valence-electron chi connectivity index (χ4n) is 1.77. The third-order valence-electron chi connectivity index (χ3n) is 2.89. The van der Waals surface area contributed by atoms with Gasteiger partial charge in [0.05, 0.1) is 5.56 Å². The van der Waals surface area contributed by atoms with E-state index in [0.29, 0.717) is 12.1 Å². The molecule has 0 radical (unpaired) electrons. The topological polar surface area (TPSA) is 84.5 Å². The zero-order valence-electron chi connectivity index (χ0n) is 12.3. The van der Waals surface area contributed by atoms with Crippen LogP contribution in [0.5, 0.6) is 0 Å². The Labute approximate surface area is 133 Å². The predicted octanol–water partition coefficient (Wildman–Crippen LogP) is 1.87. The van der Waals surface area contributed by atoms with Gasteiger partial charge in [-0.05, 0) is 17.7 Å². The predicted molar refractivity (Wildman–Crippen MR) is 83.5 cm³/mol. The third kappa shape index (κ3) is 5.62. The molecule has 0 saturated carbocycles. The number of imide groups is 1. The maximum Gasteiger partial charge on any atom is 0.338 e. The number of ether oxygens (including phenoxy) is 1. The number of esters is 1. The number of carbonyl (C=O) groups excluding carboxylic acids is 3. The van der Waals surface area contributed by atoms with Crippen molar-refractivity contribution in [3.63, 3.8) is 0 Å². The van der Waals surface area contributed by atoms with E-state index in [-0.39, 0.29) is 0 Å². The second kappa shape index (κ2) is 8.33. The van der Waals surface area contributed by atoms with Crippen molar-refractivity contribution in [1.29, 1.82) is 0 Å². The summed E-state index contributed by atoms with van der Waals surface area (Å²) < 4.78 is 4.82. The van der Waals surface area contributed by atoms with Gasteiger partial charge in [-0.2, -0.15) is 0 Å². The van der Waals surface area contributed by atoms with Gasteiger partial charge >= 0.3 is 12.0 Å². The van der Waals surface area contributed by atoms with Gasteiger partial charge in [-0.3, -0.25) is 10.1 Å². The Hall–Kier alpha value is -3.15. The van der Waals surface area contributed by atoms with Gasteiger partial charge in [0.1, 0.15) is 0 Å². The maximum absolute atomic E-state index is 11.6. The Morgan fingerprint density at radius 1 is 0.870 bits per heavy atom. The highest BCUT2D eigenvalue weighted by molar-refractivity contribution is 5.96. The number of hydrogen-bond donors (Lipinski definition) is 2. The lowest BCUT2D eigenvalue weighted by Crippen LogP contribution is -2.41. The molecule has 0 aromatic heterocycles. The molecule has 118 valence electrons. The number of amides is 3. The number of hydrogen-bond acceptors (Lipinski definition) is 4. The molecule has 0 aliphatic carbocycles. The molecular weight excluding hydrogens is 296 g/mol. The summed E-state index contributed by atoms with van der Waals surface area (Å²) in [6.45, 7) is -0.226. The maximum atomic E-state index is 11.6. The Morgan fingerprint density at radius 3 is 2.13 bits per heavy atom. The summed E-state index contributed by atoms with van der Waals surface area (Å²) in [6.07, 6.45) is 0. The van der Waals surface area contributed by atoms with Gasteiger partial charge in [0, 0.05) is 6.54 Å². The van der Waals surface area contributed by atoms with Crippen molar-refractivity contribution in [1.82, 2.24) is 10.6 Å². The van der Waals surface area contributed by atoms with Gasteiger partial charge < -0.3 is 10.1 Å². The van der Waals surface area contributed by atoms with E-state index < -0.39 is 24.5 Å². The standard InChI is InChI=1S/C17H16N2O4/c20-15(12-23-16(21)14-9-5-2-6-10-14)19-17(22)18-11-13-7-3-1-4-8-13/h1-10H,11-12H2,(H2,18,19,20,22). The normalized spacial score (nSPS) is 9.74. The van der Waals surface area contributed by atoms with Gasteiger partial charge in [-0.1, -0.05) is 48.5 Å². The van der Waals surface area contributed by atoms with E-state index in [4.69, 9.17) is 4.74 Å². The molecule has 0 heterocycles. The van der Waals surface area contributed by atoms with Crippen LogP contribution in [0.2, 0.25) is 0 Å². The molecular formula is C17H16N2O4. The minimum absolute atomic E-state index is 0.295. The van der Waals surface area contributed by atoms with Crippen LogP contribution in [0.4, 0.5) is 4.79 Å². The molecule has 0 spiro atoms. The first-order valence-corrected chi connectivity index (χ1v) is 6.99. The van der Waals surface area contributed by atoms with Crippen molar-refractivity contribution >= 4 is 17.9 Å². The van der Waals surface area contributed by atoms with Crippen molar-refractivity contribution in [3.05, 3.63) is 71.8 Å². The molecule has 0 saturated heterocycles. The van der Waals surface area contributed by atoms with E-state index in [2.05, 4.69) is 10.6 Å². The summed E-state index contributed by atoms with van der Waals surface area (Å²) in [6, 6.07) is 16.9. The Bertz CT molecular complexity index is 672. The zero-order valence-corrected chi connectivity index (χ0v) is 12.3. The van der Waals surface area contributed by atoms with E-state index in [1.807, 2.05) is 30.3 Å². The van der Waals surface area contributed by atoms with Crippen molar-refractivity contribution in [3.8, 4) is 0 Å². The zero-order chi connectivity index (χ0) is 16.5. The SMILES string of the molecule is O=C(COC(=O)c1ccccc1)NC(=O)NCc1ccccc1. The second-order valence-corrected chi connectivity index (χ2v) is 4.66. The quantitative estimate of drug-likeness (QED) is 0.826. The van der Waals surface area contributed by atoms with E-state index in [1.54, 1.807) is 30.3 Å². The highest BCUT2D eigenvalue weighted by Crippen LogP contribution is 2.00. The van der Waals surface area contributed by atoms with E-state index in [9.17, 15) is 14.4 Å². The first-order valence-electron chi connectivity index (χ1n) is 6.99. The van der Waals surface area contributed by atoms with Gasteiger partial charge in [-0.15, -0.1) is 0 Å². The van der Waals surface area contributed by atoms with Crippen molar-refractivity contribution in [2.45, 2.75) is 6.54 Å². The number of urea groups is 1. The van der Waals surface area contributed by atoms with Crippen molar-refractivity contribution in [2.75, 3.05) is 6.61 Å². The molecule has 6 heteroatoms. The summed E-state index contributed by atoms with van der Waals surface area (Å²) in [5.41, 5.74) is 1.25. The molecule has 3 amide bonds. The van der Waals surface area contributed by atoms with Crippen LogP contribution < -0.4 is 10.6 Å². The van der Waals surface area contributed by atoms with Crippen LogP contribution in [-0.4, -0.2) is 24.5 Å². The molecule has 2 rings (SSSR count). The van der Waals surface area contributed by atoms with Crippen LogP contribution in [0.1, 0.15) is 15.9 Å². The van der Waals surface area contributed by atoms with Crippen LogP contribution in [0, 0.1) is 0 Å². The van der Waals surface area contributed by atoms with Crippen LogP contribution in [-0.2, 0) is 16.1 Å². The van der Waals surface area contributed by atoms with E-state index in [0.717, 1.165) is 5.56 Å².